The first kappa shape index (κ1) is 22.5. The molecule has 0 saturated heterocycles. The first-order chi connectivity index (χ1) is 16.0. The average Bonchev–Trinajstić information content (AvgIpc) is 3.18. The maximum absolute atomic E-state index is 13.1. The van der Waals surface area contributed by atoms with Gasteiger partial charge < -0.3 is 15.4 Å². The fourth-order valence-corrected chi connectivity index (χ4v) is 4.26. The van der Waals surface area contributed by atoms with Crippen LogP contribution in [0.4, 0.5) is 17.2 Å². The van der Waals surface area contributed by atoms with Gasteiger partial charge in [-0.15, -0.1) is 0 Å². The van der Waals surface area contributed by atoms with Crippen molar-refractivity contribution in [1.29, 1.82) is 0 Å². The molecule has 172 valence electrons. The van der Waals surface area contributed by atoms with Gasteiger partial charge in [-0.3, -0.25) is 14.9 Å². The van der Waals surface area contributed by atoms with Crippen molar-refractivity contribution in [3.05, 3.63) is 81.0 Å². The van der Waals surface area contributed by atoms with E-state index in [9.17, 15) is 14.9 Å². The number of nitrogens with zero attached hydrogens (tertiary/aromatic N) is 3. The summed E-state index contributed by atoms with van der Waals surface area (Å²) >= 11 is 0. The van der Waals surface area contributed by atoms with Crippen LogP contribution in [0.25, 0.3) is 0 Å². The number of aryl methyl sites for hydroxylation is 2. The van der Waals surface area contributed by atoms with Gasteiger partial charge in [0.1, 0.15) is 11.5 Å². The molecule has 0 fully saturated rings. The molecular formula is C24H27N5O4. The molecule has 4 rings (SSSR count). The minimum atomic E-state index is -0.500. The molecule has 1 aliphatic rings. The summed E-state index contributed by atoms with van der Waals surface area (Å²) in [5.74, 6) is 0.183. The van der Waals surface area contributed by atoms with Crippen LogP contribution in [0.3, 0.4) is 0 Å². The normalized spacial score (nSPS) is 15.0. The standard InChI is InChI=1S/C24H27N5O4/c1-16-15-26-28(21-9-5-7-17-6-3-4-8-19(17)21)23(16)27-24(30)18-10-11-20(25-12-13-33-2)22(14-18)29(31)32/h3-4,6,8,10-11,14-15,21,25H,5,7,9,12-13H2,1-2H3,(H,27,30). The second kappa shape index (κ2) is 9.83. The van der Waals surface area contributed by atoms with Gasteiger partial charge >= 0.3 is 0 Å². The fourth-order valence-electron chi connectivity index (χ4n) is 4.26. The van der Waals surface area contributed by atoms with Gasteiger partial charge in [0.15, 0.2) is 0 Å². The van der Waals surface area contributed by atoms with E-state index in [2.05, 4.69) is 27.9 Å². The van der Waals surface area contributed by atoms with Gasteiger partial charge in [-0.25, -0.2) is 4.68 Å². The molecule has 1 heterocycles. The Morgan fingerprint density at radius 1 is 1.30 bits per heavy atom. The second-order valence-corrected chi connectivity index (χ2v) is 8.09. The third kappa shape index (κ3) is 4.73. The summed E-state index contributed by atoms with van der Waals surface area (Å²) in [6.45, 7) is 2.72. The molecule has 0 spiro atoms. The molecule has 9 nitrogen and oxygen atoms in total. The SMILES string of the molecule is COCCNc1ccc(C(=O)Nc2c(C)cnn2C2CCCc3ccccc32)cc1[N+](=O)[O-]. The molecule has 3 aromatic rings. The van der Waals surface area contributed by atoms with Crippen LogP contribution >= 0.6 is 0 Å². The van der Waals surface area contributed by atoms with Gasteiger partial charge in [-0.1, -0.05) is 24.3 Å². The lowest BCUT2D eigenvalue weighted by molar-refractivity contribution is -0.384. The van der Waals surface area contributed by atoms with Crippen LogP contribution in [0.5, 0.6) is 0 Å². The number of nitro groups is 1. The Hall–Kier alpha value is -3.72. The first-order valence-corrected chi connectivity index (χ1v) is 10.9. The Morgan fingerprint density at radius 3 is 2.91 bits per heavy atom. The maximum atomic E-state index is 13.1. The Labute approximate surface area is 191 Å². The third-order valence-corrected chi connectivity index (χ3v) is 5.92. The van der Waals surface area contributed by atoms with Crippen LogP contribution in [0, 0.1) is 17.0 Å². The van der Waals surface area contributed by atoms with E-state index in [-0.39, 0.29) is 17.3 Å². The number of benzene rings is 2. The van der Waals surface area contributed by atoms with Gasteiger partial charge in [0.05, 0.1) is 23.8 Å². The molecule has 0 saturated carbocycles. The number of nitrogens with one attached hydrogen (secondary N) is 2. The lowest BCUT2D eigenvalue weighted by Crippen LogP contribution is -2.23. The number of hydrogen-bond donors (Lipinski definition) is 2. The van der Waals surface area contributed by atoms with E-state index in [1.807, 2.05) is 23.7 Å². The number of carbonyl (C=O) groups excluding carboxylic acids is 1. The molecule has 0 aliphatic heterocycles. The van der Waals surface area contributed by atoms with Crippen molar-refractivity contribution in [2.45, 2.75) is 32.2 Å². The van der Waals surface area contributed by atoms with Crippen LogP contribution < -0.4 is 10.6 Å². The van der Waals surface area contributed by atoms with Crippen LogP contribution in [0.2, 0.25) is 0 Å². The molecule has 1 amide bonds. The number of ether oxygens (including phenoxy) is 1. The fraction of sp³-hybridized carbons (Fsp3) is 0.333. The Bertz CT molecular complexity index is 1170. The highest BCUT2D eigenvalue weighted by atomic mass is 16.6. The zero-order valence-corrected chi connectivity index (χ0v) is 18.7. The van der Waals surface area contributed by atoms with E-state index >= 15 is 0 Å². The lowest BCUT2D eigenvalue weighted by Gasteiger charge is -2.27. The highest BCUT2D eigenvalue weighted by molar-refractivity contribution is 6.05. The molecule has 1 aromatic heterocycles. The van der Waals surface area contributed by atoms with E-state index in [0.717, 1.165) is 24.8 Å². The monoisotopic (exact) mass is 449 g/mol. The largest absolute Gasteiger partial charge is 0.383 e. The van der Waals surface area contributed by atoms with Crippen molar-refractivity contribution in [2.75, 3.05) is 30.9 Å². The van der Waals surface area contributed by atoms with Crippen molar-refractivity contribution in [1.82, 2.24) is 9.78 Å². The Kier molecular flexibility index (Phi) is 6.69. The summed E-state index contributed by atoms with van der Waals surface area (Å²) in [4.78, 5) is 24.1. The van der Waals surface area contributed by atoms with E-state index < -0.39 is 10.8 Å². The quantitative estimate of drug-likeness (QED) is 0.301. The van der Waals surface area contributed by atoms with Crippen molar-refractivity contribution in [3.63, 3.8) is 0 Å². The van der Waals surface area contributed by atoms with Gasteiger partial charge in [0.25, 0.3) is 11.6 Å². The van der Waals surface area contributed by atoms with E-state index in [0.29, 0.717) is 24.7 Å². The lowest BCUT2D eigenvalue weighted by atomic mass is 9.88. The van der Waals surface area contributed by atoms with Crippen LogP contribution in [0.1, 0.15) is 45.9 Å². The molecule has 2 N–H and O–H groups in total. The maximum Gasteiger partial charge on any atom is 0.293 e. The Morgan fingerprint density at radius 2 is 2.12 bits per heavy atom. The van der Waals surface area contributed by atoms with Crippen LogP contribution in [-0.2, 0) is 11.2 Å². The first-order valence-electron chi connectivity index (χ1n) is 10.9. The number of nitro benzene ring substituents is 1. The molecule has 0 radical (unpaired) electrons. The summed E-state index contributed by atoms with van der Waals surface area (Å²) in [6, 6.07) is 12.7. The summed E-state index contributed by atoms with van der Waals surface area (Å²) in [6.07, 6.45) is 4.73. The third-order valence-electron chi connectivity index (χ3n) is 5.92. The summed E-state index contributed by atoms with van der Waals surface area (Å²) in [5, 5.41) is 22.0. The summed E-state index contributed by atoms with van der Waals surface area (Å²) in [7, 11) is 1.56. The highest BCUT2D eigenvalue weighted by Crippen LogP contribution is 2.35. The van der Waals surface area contributed by atoms with Crippen LogP contribution in [0.15, 0.2) is 48.7 Å². The van der Waals surface area contributed by atoms with E-state index in [1.54, 1.807) is 25.4 Å². The molecule has 1 aliphatic carbocycles. The van der Waals surface area contributed by atoms with Crippen LogP contribution in [-0.4, -0.2) is 40.9 Å². The Balaban J connectivity index is 1.60. The zero-order valence-electron chi connectivity index (χ0n) is 18.7. The number of fused-ring (bicyclic) bond motifs is 1. The van der Waals surface area contributed by atoms with Crippen molar-refractivity contribution < 1.29 is 14.5 Å². The smallest absolute Gasteiger partial charge is 0.293 e. The second-order valence-electron chi connectivity index (χ2n) is 8.09. The van der Waals surface area contributed by atoms with E-state index in [4.69, 9.17) is 4.74 Å². The number of anilines is 2. The predicted octanol–water partition coefficient (Wildman–Crippen LogP) is 4.34. The highest BCUT2D eigenvalue weighted by Gasteiger charge is 2.26. The number of methoxy groups -OCH3 is 1. The van der Waals surface area contributed by atoms with Crippen molar-refractivity contribution in [2.24, 2.45) is 0 Å². The van der Waals surface area contributed by atoms with E-state index in [1.165, 1.54) is 17.2 Å². The number of carbonyl (C=O) groups is 1. The molecule has 1 atom stereocenters. The number of aromatic nitrogens is 2. The minimum absolute atomic E-state index is 0.0284. The molecular weight excluding hydrogens is 422 g/mol. The number of rotatable bonds is 8. The molecule has 9 heteroatoms. The van der Waals surface area contributed by atoms with Crippen molar-refractivity contribution in [3.8, 4) is 0 Å². The summed E-state index contributed by atoms with van der Waals surface area (Å²) in [5.41, 5.74) is 3.73. The van der Waals surface area contributed by atoms with Gasteiger partial charge in [-0.05, 0) is 49.4 Å². The zero-order chi connectivity index (χ0) is 23.4. The number of hydrogen-bond acceptors (Lipinski definition) is 6. The van der Waals surface area contributed by atoms with Crippen molar-refractivity contribution >= 4 is 23.1 Å². The molecule has 33 heavy (non-hydrogen) atoms. The average molecular weight is 450 g/mol. The minimum Gasteiger partial charge on any atom is -0.383 e. The number of amides is 1. The molecule has 2 aromatic carbocycles. The molecule has 0 bridgehead atoms. The summed E-state index contributed by atoms with van der Waals surface area (Å²) < 4.78 is 6.84. The topological polar surface area (TPSA) is 111 Å². The molecule has 1 unspecified atom stereocenters. The van der Waals surface area contributed by atoms with Gasteiger partial charge in [-0.2, -0.15) is 5.10 Å². The van der Waals surface area contributed by atoms with Gasteiger partial charge in [0, 0.05) is 30.8 Å². The van der Waals surface area contributed by atoms with Gasteiger partial charge in [0.2, 0.25) is 0 Å². The predicted molar refractivity (Wildman–Crippen MR) is 126 cm³/mol.